The summed E-state index contributed by atoms with van der Waals surface area (Å²) >= 11 is 0. The van der Waals surface area contributed by atoms with Gasteiger partial charge in [-0.2, -0.15) is 0 Å². The highest BCUT2D eigenvalue weighted by molar-refractivity contribution is 5.89. The van der Waals surface area contributed by atoms with E-state index in [2.05, 4.69) is 64.1 Å². The highest BCUT2D eigenvalue weighted by Gasteiger charge is 2.29. The summed E-state index contributed by atoms with van der Waals surface area (Å²) in [5, 5.41) is 0. The third kappa shape index (κ3) is 2.50. The molecule has 0 saturated carbocycles. The second-order valence-electron chi connectivity index (χ2n) is 7.57. The van der Waals surface area contributed by atoms with Gasteiger partial charge < -0.3 is 0 Å². The largest absolute Gasteiger partial charge is 0.0801 e. The summed E-state index contributed by atoms with van der Waals surface area (Å²) in [6, 6.07) is 7.19. The molecule has 2 aliphatic rings. The Morgan fingerprint density at radius 1 is 0.808 bits per heavy atom. The lowest BCUT2D eigenvalue weighted by Crippen LogP contribution is -2.08. The molecule has 2 aromatic carbocycles. The Morgan fingerprint density at radius 2 is 1.54 bits per heavy atom. The number of allylic oxidation sites excluding steroid dienone is 4. The van der Waals surface area contributed by atoms with Gasteiger partial charge in [0, 0.05) is 0 Å². The molecule has 0 spiro atoms. The van der Waals surface area contributed by atoms with Crippen molar-refractivity contribution in [2.24, 2.45) is 0 Å². The maximum Gasteiger partial charge on any atom is -0.000709 e. The first-order valence-electron chi connectivity index (χ1n) is 10.4. The minimum absolute atomic E-state index is 1.09. The van der Waals surface area contributed by atoms with Crippen molar-refractivity contribution >= 4 is 5.57 Å². The van der Waals surface area contributed by atoms with Crippen molar-refractivity contribution in [1.82, 2.24) is 0 Å². The number of rotatable bonds is 5. The van der Waals surface area contributed by atoms with Crippen LogP contribution in [-0.4, -0.2) is 0 Å². The zero-order valence-electron chi connectivity index (χ0n) is 16.7. The van der Waals surface area contributed by atoms with Gasteiger partial charge in [-0.15, -0.1) is 0 Å². The smallest absolute Gasteiger partial charge is 0.000709 e. The summed E-state index contributed by atoms with van der Waals surface area (Å²) in [5.74, 6) is 0. The zero-order chi connectivity index (χ0) is 18.3. The third-order valence-corrected chi connectivity index (χ3v) is 6.30. The lowest BCUT2D eigenvalue weighted by atomic mass is 9.81. The molecule has 0 heterocycles. The normalized spacial score (nSPS) is 14.5. The molecule has 0 saturated heterocycles. The molecule has 134 valence electrons. The molecule has 0 nitrogen and oxygen atoms in total. The fourth-order valence-electron chi connectivity index (χ4n) is 5.15. The molecule has 0 bridgehead atoms. The monoisotopic (exact) mass is 342 g/mol. The van der Waals surface area contributed by atoms with Gasteiger partial charge in [-0.05, 0) is 94.2 Å². The molecular formula is C26H30. The van der Waals surface area contributed by atoms with E-state index in [0.29, 0.717) is 0 Å². The van der Waals surface area contributed by atoms with Gasteiger partial charge in [0.15, 0.2) is 0 Å². The van der Waals surface area contributed by atoms with Crippen LogP contribution in [0, 0.1) is 0 Å². The summed E-state index contributed by atoms with van der Waals surface area (Å²) < 4.78 is 0. The predicted octanol–water partition coefficient (Wildman–Crippen LogP) is 6.85. The summed E-state index contributed by atoms with van der Waals surface area (Å²) in [7, 11) is 0. The van der Waals surface area contributed by atoms with Crippen LogP contribution in [0.3, 0.4) is 0 Å². The summed E-state index contributed by atoms with van der Waals surface area (Å²) in [6.45, 7) is 9.26. The molecule has 0 radical (unpaired) electrons. The summed E-state index contributed by atoms with van der Waals surface area (Å²) in [5.41, 5.74) is 15.6. The van der Waals surface area contributed by atoms with E-state index in [1.54, 1.807) is 33.4 Å². The summed E-state index contributed by atoms with van der Waals surface area (Å²) in [4.78, 5) is 0. The Labute approximate surface area is 158 Å². The summed E-state index contributed by atoms with van der Waals surface area (Å²) in [6.07, 6.45) is 13.6. The number of fused-ring (bicyclic) bond motifs is 3. The second-order valence-corrected chi connectivity index (χ2v) is 7.57. The van der Waals surface area contributed by atoms with Crippen LogP contribution in [0.25, 0.3) is 16.7 Å². The van der Waals surface area contributed by atoms with Crippen molar-refractivity contribution in [3.63, 3.8) is 0 Å². The highest BCUT2D eigenvalue weighted by Crippen LogP contribution is 2.47. The van der Waals surface area contributed by atoms with E-state index in [1.807, 2.05) is 0 Å². The second kappa shape index (κ2) is 6.91. The number of aryl methyl sites for hydroxylation is 1. The van der Waals surface area contributed by atoms with Gasteiger partial charge >= 0.3 is 0 Å². The Bertz CT molecular complexity index is 922. The maximum absolute atomic E-state index is 2.46. The average molecular weight is 343 g/mol. The lowest BCUT2D eigenvalue weighted by Gasteiger charge is -2.23. The SMILES string of the molecule is CCc1ccc2c(c1)Cc1c(C3=CC=CC3)c(CC)c(CC)c(CC)c1-2. The fourth-order valence-corrected chi connectivity index (χ4v) is 5.15. The molecule has 0 aromatic heterocycles. The molecular weight excluding hydrogens is 312 g/mol. The van der Waals surface area contributed by atoms with Gasteiger partial charge in [-0.3, -0.25) is 0 Å². The van der Waals surface area contributed by atoms with E-state index < -0.39 is 0 Å². The number of hydrogen-bond acceptors (Lipinski definition) is 0. The van der Waals surface area contributed by atoms with E-state index in [0.717, 1.165) is 38.5 Å². The van der Waals surface area contributed by atoms with Gasteiger partial charge in [0.25, 0.3) is 0 Å². The van der Waals surface area contributed by atoms with Crippen LogP contribution < -0.4 is 0 Å². The van der Waals surface area contributed by atoms with Crippen LogP contribution in [0.2, 0.25) is 0 Å². The van der Waals surface area contributed by atoms with Crippen LogP contribution in [0.1, 0.15) is 73.1 Å². The van der Waals surface area contributed by atoms with E-state index in [-0.39, 0.29) is 0 Å². The Hall–Kier alpha value is -2.08. The van der Waals surface area contributed by atoms with Crippen LogP contribution in [0.5, 0.6) is 0 Å². The van der Waals surface area contributed by atoms with Crippen molar-refractivity contribution < 1.29 is 0 Å². The molecule has 0 unspecified atom stereocenters. The first-order chi connectivity index (χ1) is 12.7. The standard InChI is InChI=1S/C26H30/c1-5-17-13-14-23-19(15-17)16-24-25(18-11-9-10-12-18)21(7-3)20(6-2)22(8-4)26(23)24/h9-11,13-15H,5-8,12,16H2,1-4H3. The van der Waals surface area contributed by atoms with E-state index in [1.165, 1.54) is 22.3 Å². The molecule has 4 rings (SSSR count). The van der Waals surface area contributed by atoms with E-state index in [9.17, 15) is 0 Å². The van der Waals surface area contributed by atoms with Gasteiger partial charge in [-0.25, -0.2) is 0 Å². The molecule has 26 heavy (non-hydrogen) atoms. The van der Waals surface area contributed by atoms with Crippen molar-refractivity contribution in [3.05, 3.63) is 75.4 Å². The van der Waals surface area contributed by atoms with Gasteiger partial charge in [0.1, 0.15) is 0 Å². The topological polar surface area (TPSA) is 0 Å². The van der Waals surface area contributed by atoms with E-state index in [4.69, 9.17) is 0 Å². The molecule has 2 aromatic rings. The minimum atomic E-state index is 1.09. The molecule has 0 heteroatoms. The van der Waals surface area contributed by atoms with Crippen molar-refractivity contribution in [1.29, 1.82) is 0 Å². The highest BCUT2D eigenvalue weighted by atomic mass is 14.3. The van der Waals surface area contributed by atoms with Gasteiger partial charge in [0.2, 0.25) is 0 Å². The fraction of sp³-hybridized carbons (Fsp3) is 0.385. The van der Waals surface area contributed by atoms with Crippen LogP contribution in [0.4, 0.5) is 0 Å². The Morgan fingerprint density at radius 3 is 2.15 bits per heavy atom. The Balaban J connectivity index is 2.05. The quantitative estimate of drug-likeness (QED) is 0.475. The first kappa shape index (κ1) is 17.3. The van der Waals surface area contributed by atoms with Crippen molar-refractivity contribution in [2.75, 3.05) is 0 Å². The van der Waals surface area contributed by atoms with Crippen LogP contribution in [0.15, 0.2) is 36.4 Å². The van der Waals surface area contributed by atoms with Gasteiger partial charge in [-0.1, -0.05) is 64.1 Å². The molecule has 2 aliphatic carbocycles. The van der Waals surface area contributed by atoms with Gasteiger partial charge in [0.05, 0.1) is 0 Å². The average Bonchev–Trinajstić information content (AvgIpc) is 3.32. The molecule has 0 aliphatic heterocycles. The van der Waals surface area contributed by atoms with E-state index >= 15 is 0 Å². The lowest BCUT2D eigenvalue weighted by molar-refractivity contribution is 0.969. The Kier molecular flexibility index (Phi) is 4.61. The zero-order valence-corrected chi connectivity index (χ0v) is 16.7. The minimum Gasteiger partial charge on any atom is -0.0801 e. The van der Waals surface area contributed by atoms with Crippen molar-refractivity contribution in [3.8, 4) is 11.1 Å². The van der Waals surface area contributed by atoms with Crippen molar-refractivity contribution in [2.45, 2.75) is 66.2 Å². The molecule has 0 fully saturated rings. The third-order valence-electron chi connectivity index (χ3n) is 6.30. The maximum atomic E-state index is 2.46. The predicted molar refractivity (Wildman–Crippen MR) is 114 cm³/mol. The van der Waals surface area contributed by atoms with Crippen LogP contribution >= 0.6 is 0 Å². The molecule has 0 N–H and O–H groups in total. The first-order valence-corrected chi connectivity index (χ1v) is 10.4. The molecule has 0 atom stereocenters. The molecule has 0 amide bonds. The van der Waals surface area contributed by atoms with Crippen LogP contribution in [-0.2, 0) is 32.1 Å². The number of hydrogen-bond donors (Lipinski definition) is 0. The number of benzene rings is 2.